The summed E-state index contributed by atoms with van der Waals surface area (Å²) in [6.07, 6.45) is 7.69. The van der Waals surface area contributed by atoms with Crippen LogP contribution in [-0.2, 0) is 31.0 Å². The van der Waals surface area contributed by atoms with E-state index < -0.39 is 22.5 Å². The van der Waals surface area contributed by atoms with Crippen LogP contribution in [0.1, 0.15) is 56.9 Å². The molecule has 1 saturated heterocycles. The molecule has 15 heteroatoms. The number of aromatic nitrogens is 1. The predicted molar refractivity (Wildman–Crippen MR) is 185 cm³/mol. The van der Waals surface area contributed by atoms with Crippen molar-refractivity contribution in [3.8, 4) is 17.2 Å². The Labute approximate surface area is 288 Å². The molecule has 1 atom stereocenters. The van der Waals surface area contributed by atoms with Crippen LogP contribution in [-0.4, -0.2) is 114 Å². The average molecular weight is 703 g/mol. The van der Waals surface area contributed by atoms with E-state index >= 15 is 0 Å². The third kappa shape index (κ3) is 9.04. The second-order valence-electron chi connectivity index (χ2n) is 13.3. The molecule has 2 bridgehead atoms. The molecule has 270 valence electrons. The van der Waals surface area contributed by atoms with Crippen LogP contribution in [0, 0.1) is 11.8 Å². The van der Waals surface area contributed by atoms with Crippen LogP contribution in [0.2, 0.25) is 0 Å². The zero-order valence-electron chi connectivity index (χ0n) is 29.1. The van der Waals surface area contributed by atoms with E-state index in [1.54, 1.807) is 30.1 Å². The van der Waals surface area contributed by atoms with Gasteiger partial charge >= 0.3 is 0 Å². The van der Waals surface area contributed by atoms with Crippen molar-refractivity contribution < 1.29 is 37.0 Å². The summed E-state index contributed by atoms with van der Waals surface area (Å²) in [4.78, 5) is 51.3. The highest BCUT2D eigenvalue weighted by Gasteiger charge is 2.30. The normalized spacial score (nSPS) is 20.1. The second kappa shape index (κ2) is 16.2. The van der Waals surface area contributed by atoms with Crippen LogP contribution in [0.5, 0.6) is 17.2 Å². The zero-order chi connectivity index (χ0) is 35.1. The number of piperidine rings is 1. The first-order valence-corrected chi connectivity index (χ1v) is 19.1. The molecular formula is C34H50N6O8S. The molecule has 5 rings (SSSR count). The molecule has 1 aliphatic carbocycles. The fourth-order valence-electron chi connectivity index (χ4n) is 7.20. The van der Waals surface area contributed by atoms with Crippen LogP contribution in [0.4, 0.5) is 5.82 Å². The molecule has 1 saturated carbocycles. The fraction of sp³-hybridized carbons (Fsp3) is 0.647. The lowest BCUT2D eigenvalue weighted by Gasteiger charge is -2.36. The number of ether oxygens (including phenoxy) is 3. The minimum absolute atomic E-state index is 0.000663. The topological polar surface area (TPSA) is 160 Å². The van der Waals surface area contributed by atoms with Gasteiger partial charge in [0.05, 0.1) is 39.6 Å². The van der Waals surface area contributed by atoms with E-state index in [0.717, 1.165) is 63.3 Å². The van der Waals surface area contributed by atoms with Gasteiger partial charge in [-0.2, -0.15) is 0 Å². The van der Waals surface area contributed by atoms with Gasteiger partial charge in [-0.05, 0) is 37.7 Å². The quantitative estimate of drug-likeness (QED) is 0.439. The van der Waals surface area contributed by atoms with Crippen molar-refractivity contribution >= 4 is 44.5 Å². The maximum atomic E-state index is 13.8. The summed E-state index contributed by atoms with van der Waals surface area (Å²) in [5.74, 6) is 1.48. The average Bonchev–Trinajstić information content (AvgIpc) is 3.10. The number of hydrogen-bond donors (Lipinski definition) is 2. The zero-order valence-corrected chi connectivity index (χ0v) is 29.9. The van der Waals surface area contributed by atoms with Crippen LogP contribution >= 0.6 is 0 Å². The molecule has 1 unspecified atom stereocenters. The maximum absolute atomic E-state index is 13.8. The van der Waals surface area contributed by atoms with Crippen molar-refractivity contribution in [2.24, 2.45) is 11.8 Å². The Balaban J connectivity index is 1.60. The van der Waals surface area contributed by atoms with E-state index in [-0.39, 0.29) is 56.3 Å². The molecule has 2 fully saturated rings. The lowest BCUT2D eigenvalue weighted by molar-refractivity contribution is -0.139. The lowest BCUT2D eigenvalue weighted by atomic mass is 9.88. The van der Waals surface area contributed by atoms with Crippen molar-refractivity contribution in [3.05, 3.63) is 17.7 Å². The number of nitrogens with one attached hydrogen (secondary N) is 2. The summed E-state index contributed by atoms with van der Waals surface area (Å²) in [5, 5.41) is 3.76. The summed E-state index contributed by atoms with van der Waals surface area (Å²) in [6, 6.07) is 3.74. The minimum Gasteiger partial charge on any atom is -0.493 e. The maximum Gasteiger partial charge on any atom is 0.237 e. The first-order valence-electron chi connectivity index (χ1n) is 17.2. The smallest absolute Gasteiger partial charge is 0.237 e. The highest BCUT2D eigenvalue weighted by atomic mass is 32.2. The lowest BCUT2D eigenvalue weighted by Crippen LogP contribution is -2.46. The number of fused-ring (bicyclic) bond motifs is 5. The summed E-state index contributed by atoms with van der Waals surface area (Å²) < 4.78 is 43.4. The van der Waals surface area contributed by atoms with Gasteiger partial charge in [-0.1, -0.05) is 19.3 Å². The van der Waals surface area contributed by atoms with Crippen molar-refractivity contribution in [2.45, 2.75) is 57.9 Å². The highest BCUT2D eigenvalue weighted by Crippen LogP contribution is 2.44. The van der Waals surface area contributed by atoms with Gasteiger partial charge in [-0.3, -0.25) is 14.4 Å². The number of rotatable bonds is 7. The highest BCUT2D eigenvalue weighted by molar-refractivity contribution is 7.88. The Morgan fingerprint density at radius 3 is 2.37 bits per heavy atom. The standard InChI is InChI=1S/C34H50N6O8S/c1-46-28-18-27-26(31(47-2)32(28)48-3)17-25-22-39(30(42)20-36-49(4,44)45)16-15-38(34(43)24-10-6-5-7-11-24)14-12-29(41)35-19-23-9-8-13-40(21-23)33(25)37-27/h17-18,23-24,36H,5-16,19-22H2,1-4H3,(H,35,41). The van der Waals surface area contributed by atoms with Gasteiger partial charge in [0.1, 0.15) is 5.82 Å². The number of sulfonamides is 1. The van der Waals surface area contributed by atoms with Crippen LogP contribution < -0.4 is 29.1 Å². The number of methoxy groups -OCH3 is 3. The van der Waals surface area contributed by atoms with Gasteiger partial charge in [-0.25, -0.2) is 18.1 Å². The van der Waals surface area contributed by atoms with E-state index in [0.29, 0.717) is 47.1 Å². The molecule has 49 heavy (non-hydrogen) atoms. The largest absolute Gasteiger partial charge is 0.493 e. The molecule has 3 aliphatic rings. The van der Waals surface area contributed by atoms with Crippen molar-refractivity contribution in [1.29, 1.82) is 0 Å². The summed E-state index contributed by atoms with van der Waals surface area (Å²) in [5.41, 5.74) is 1.35. The summed E-state index contributed by atoms with van der Waals surface area (Å²) >= 11 is 0. The number of anilines is 1. The SMILES string of the molecule is COc1cc2nc3c(cc2c(OC)c1OC)CN(C(=O)CNS(C)(=O)=O)CCN(C(=O)C1CCCCC1)CCC(=O)NCC1CCCN3C1. The number of pyridine rings is 1. The molecule has 0 spiro atoms. The number of nitrogens with zero attached hydrogens (tertiary/aromatic N) is 4. The molecule has 1 aromatic carbocycles. The number of benzene rings is 1. The second-order valence-corrected chi connectivity index (χ2v) is 15.1. The van der Waals surface area contributed by atoms with E-state index in [1.165, 1.54) is 7.11 Å². The van der Waals surface area contributed by atoms with Gasteiger partial charge in [0.25, 0.3) is 0 Å². The summed E-state index contributed by atoms with van der Waals surface area (Å²) in [7, 11) is 0.971. The summed E-state index contributed by atoms with van der Waals surface area (Å²) in [6.45, 7) is 2.12. The van der Waals surface area contributed by atoms with Crippen molar-refractivity contribution in [2.75, 3.05) is 78.3 Å². The molecule has 14 nitrogen and oxygen atoms in total. The molecule has 2 aromatic rings. The first kappa shape index (κ1) is 36.4. The fourth-order valence-corrected chi connectivity index (χ4v) is 7.59. The van der Waals surface area contributed by atoms with Gasteiger partial charge in [-0.15, -0.1) is 0 Å². The van der Waals surface area contributed by atoms with E-state index in [9.17, 15) is 22.8 Å². The Hall–Kier alpha value is -3.85. The van der Waals surface area contributed by atoms with Gasteiger partial charge in [0, 0.05) is 75.2 Å². The molecule has 3 heterocycles. The molecule has 2 N–H and O–H groups in total. The van der Waals surface area contributed by atoms with Gasteiger partial charge in [0.2, 0.25) is 33.5 Å². The van der Waals surface area contributed by atoms with E-state index in [4.69, 9.17) is 19.2 Å². The van der Waals surface area contributed by atoms with Crippen LogP contribution in [0.15, 0.2) is 12.1 Å². The predicted octanol–water partition coefficient (Wildman–Crippen LogP) is 2.28. The van der Waals surface area contributed by atoms with Crippen LogP contribution in [0.3, 0.4) is 0 Å². The van der Waals surface area contributed by atoms with Gasteiger partial charge < -0.3 is 34.2 Å². The Morgan fingerprint density at radius 2 is 1.67 bits per heavy atom. The van der Waals surface area contributed by atoms with Crippen molar-refractivity contribution in [3.63, 3.8) is 0 Å². The Morgan fingerprint density at radius 1 is 0.939 bits per heavy atom. The van der Waals surface area contributed by atoms with Crippen LogP contribution in [0.25, 0.3) is 10.9 Å². The third-order valence-corrected chi connectivity index (χ3v) is 10.5. The van der Waals surface area contributed by atoms with Crippen molar-refractivity contribution in [1.82, 2.24) is 24.8 Å². The number of amides is 3. The van der Waals surface area contributed by atoms with Gasteiger partial charge in [0.15, 0.2) is 11.5 Å². The number of hydrogen-bond acceptors (Lipinski definition) is 10. The molecule has 2 aliphatic heterocycles. The monoisotopic (exact) mass is 702 g/mol. The number of carbonyl (C=O) groups excluding carboxylic acids is 3. The third-order valence-electron chi connectivity index (χ3n) is 9.80. The first-order chi connectivity index (χ1) is 23.5. The minimum atomic E-state index is -3.65. The number of carbonyl (C=O) groups is 3. The Bertz CT molecular complexity index is 1630. The molecule has 1 aromatic heterocycles. The Kier molecular flexibility index (Phi) is 12.1. The molecule has 3 amide bonds. The van der Waals surface area contributed by atoms with E-state index in [2.05, 4.69) is 14.9 Å². The van der Waals surface area contributed by atoms with E-state index in [1.807, 2.05) is 6.07 Å². The molecular weight excluding hydrogens is 652 g/mol. The molecule has 0 radical (unpaired) electrons.